The van der Waals surface area contributed by atoms with Gasteiger partial charge in [-0.2, -0.15) is 0 Å². The van der Waals surface area contributed by atoms with Crippen molar-refractivity contribution < 1.29 is 9.59 Å². The van der Waals surface area contributed by atoms with Gasteiger partial charge < -0.3 is 10.6 Å². The summed E-state index contributed by atoms with van der Waals surface area (Å²) in [5.41, 5.74) is 2.16. The van der Waals surface area contributed by atoms with Gasteiger partial charge in [-0.15, -0.1) is 0 Å². The van der Waals surface area contributed by atoms with E-state index >= 15 is 0 Å². The van der Waals surface area contributed by atoms with Crippen LogP contribution in [0, 0.1) is 0 Å². The predicted molar refractivity (Wildman–Crippen MR) is 135 cm³/mol. The summed E-state index contributed by atoms with van der Waals surface area (Å²) in [6.07, 6.45) is 0. The summed E-state index contributed by atoms with van der Waals surface area (Å²) in [7, 11) is 0. The van der Waals surface area contributed by atoms with Crippen LogP contribution in [0.25, 0.3) is 21.5 Å². The lowest BCUT2D eigenvalue weighted by atomic mass is 10.0. The van der Waals surface area contributed by atoms with Gasteiger partial charge in [0, 0.05) is 16.8 Å². The maximum Gasteiger partial charge on any atom is 0.256 e. The number of amides is 2. The van der Waals surface area contributed by atoms with E-state index in [1.807, 2.05) is 72.8 Å². The number of hydrogen-bond donors (Lipinski definition) is 2. The minimum Gasteiger partial charge on any atom is -0.322 e. The maximum atomic E-state index is 12.9. The zero-order valence-electron chi connectivity index (χ0n) is 17.5. The van der Waals surface area contributed by atoms with E-state index in [-0.39, 0.29) is 11.8 Å². The van der Waals surface area contributed by atoms with Crippen LogP contribution in [0.3, 0.4) is 0 Å². The van der Waals surface area contributed by atoms with Gasteiger partial charge in [-0.1, -0.05) is 84.4 Å². The Kier molecular flexibility index (Phi) is 5.51. The van der Waals surface area contributed by atoms with Crippen LogP contribution in [0.2, 0.25) is 5.02 Å². The van der Waals surface area contributed by atoms with Crippen molar-refractivity contribution in [2.24, 2.45) is 0 Å². The fourth-order valence-corrected chi connectivity index (χ4v) is 4.16. The summed E-state index contributed by atoms with van der Waals surface area (Å²) < 4.78 is 0. The number of benzene rings is 5. The zero-order valence-corrected chi connectivity index (χ0v) is 18.3. The third kappa shape index (κ3) is 4.16. The number of rotatable bonds is 4. The van der Waals surface area contributed by atoms with Crippen LogP contribution in [0.5, 0.6) is 0 Å². The molecule has 0 aromatic heterocycles. The Hall–Kier alpha value is -4.15. The van der Waals surface area contributed by atoms with E-state index in [4.69, 9.17) is 11.6 Å². The topological polar surface area (TPSA) is 58.2 Å². The Labute approximate surface area is 195 Å². The van der Waals surface area contributed by atoms with Crippen molar-refractivity contribution in [3.8, 4) is 0 Å². The Morgan fingerprint density at radius 1 is 0.576 bits per heavy atom. The summed E-state index contributed by atoms with van der Waals surface area (Å²) in [4.78, 5) is 25.8. The molecule has 2 amide bonds. The van der Waals surface area contributed by atoms with E-state index in [0.29, 0.717) is 27.5 Å². The van der Waals surface area contributed by atoms with Crippen molar-refractivity contribution in [3.63, 3.8) is 0 Å². The summed E-state index contributed by atoms with van der Waals surface area (Å²) in [6.45, 7) is 0. The summed E-state index contributed by atoms with van der Waals surface area (Å²) in [5.74, 6) is -0.475. The van der Waals surface area contributed by atoms with E-state index in [0.717, 1.165) is 21.5 Å². The lowest BCUT2D eigenvalue weighted by Gasteiger charge is -2.12. The predicted octanol–water partition coefficient (Wildman–Crippen LogP) is 7.15. The largest absolute Gasteiger partial charge is 0.322 e. The molecule has 0 saturated carbocycles. The number of carbonyl (C=O) groups excluding carboxylic acids is 2. The van der Waals surface area contributed by atoms with Gasteiger partial charge in [0.2, 0.25) is 0 Å². The van der Waals surface area contributed by atoms with Gasteiger partial charge in [-0.3, -0.25) is 9.59 Å². The molecule has 5 aromatic carbocycles. The molecule has 0 aliphatic rings. The molecule has 33 heavy (non-hydrogen) atoms. The second-order valence-electron chi connectivity index (χ2n) is 7.66. The molecule has 2 N–H and O–H groups in total. The number of halogens is 1. The number of nitrogens with one attached hydrogen (secondary N) is 2. The third-order valence-corrected chi connectivity index (χ3v) is 5.86. The van der Waals surface area contributed by atoms with Gasteiger partial charge in [0.1, 0.15) is 0 Å². The Balaban J connectivity index is 1.36. The highest BCUT2D eigenvalue weighted by molar-refractivity contribution is 6.34. The monoisotopic (exact) mass is 450 g/mol. The van der Waals surface area contributed by atoms with Crippen LogP contribution >= 0.6 is 11.6 Å². The van der Waals surface area contributed by atoms with Gasteiger partial charge in [-0.05, 0) is 51.9 Å². The fraction of sp³-hybridized carbons (Fsp3) is 0. The number of anilines is 2. The standard InChI is InChI=1S/C28H19ClN2O2/c29-25-17-20(30-27(32)23-13-5-9-18-7-1-3-11-21(18)23)15-16-26(25)31-28(33)24-14-6-10-19-8-2-4-12-22(19)24/h1-17H,(H,30,32)(H,31,33). The van der Waals surface area contributed by atoms with Crippen molar-refractivity contribution in [1.29, 1.82) is 0 Å². The molecule has 5 rings (SSSR count). The van der Waals surface area contributed by atoms with Crippen LogP contribution in [-0.2, 0) is 0 Å². The van der Waals surface area contributed by atoms with Crippen molar-refractivity contribution in [3.05, 3.63) is 119 Å². The van der Waals surface area contributed by atoms with E-state index < -0.39 is 0 Å². The zero-order chi connectivity index (χ0) is 22.8. The highest BCUT2D eigenvalue weighted by atomic mass is 35.5. The summed E-state index contributed by atoms with van der Waals surface area (Å²) >= 11 is 6.44. The van der Waals surface area contributed by atoms with Crippen molar-refractivity contribution in [1.82, 2.24) is 0 Å². The minimum atomic E-state index is -0.249. The van der Waals surface area contributed by atoms with E-state index in [9.17, 15) is 9.59 Å². The van der Waals surface area contributed by atoms with Crippen molar-refractivity contribution in [2.45, 2.75) is 0 Å². The number of hydrogen-bond acceptors (Lipinski definition) is 2. The van der Waals surface area contributed by atoms with Gasteiger partial charge in [0.05, 0.1) is 10.7 Å². The second-order valence-corrected chi connectivity index (χ2v) is 8.06. The molecule has 0 heterocycles. The molecule has 5 heteroatoms. The lowest BCUT2D eigenvalue weighted by molar-refractivity contribution is 0.102. The van der Waals surface area contributed by atoms with E-state index in [1.54, 1.807) is 30.3 Å². The molecule has 0 unspecified atom stereocenters. The third-order valence-electron chi connectivity index (χ3n) is 5.54. The molecule has 5 aromatic rings. The molecule has 0 atom stereocenters. The fourth-order valence-electron chi connectivity index (χ4n) is 3.93. The van der Waals surface area contributed by atoms with Crippen molar-refractivity contribution >= 4 is 56.3 Å². The van der Waals surface area contributed by atoms with Gasteiger partial charge in [0.15, 0.2) is 0 Å². The lowest BCUT2D eigenvalue weighted by Crippen LogP contribution is -2.14. The average molecular weight is 451 g/mol. The molecule has 0 saturated heterocycles. The second kappa shape index (κ2) is 8.77. The summed E-state index contributed by atoms with van der Waals surface area (Å²) in [6, 6.07) is 31.7. The molecular weight excluding hydrogens is 432 g/mol. The molecule has 0 fully saturated rings. The first kappa shape index (κ1) is 20.7. The van der Waals surface area contributed by atoms with E-state index in [2.05, 4.69) is 10.6 Å². The first-order valence-corrected chi connectivity index (χ1v) is 10.9. The highest BCUT2D eigenvalue weighted by Gasteiger charge is 2.14. The average Bonchev–Trinajstić information content (AvgIpc) is 2.85. The molecule has 160 valence electrons. The molecular formula is C28H19ClN2O2. The van der Waals surface area contributed by atoms with Crippen LogP contribution in [0.15, 0.2) is 103 Å². The minimum absolute atomic E-state index is 0.226. The van der Waals surface area contributed by atoms with Gasteiger partial charge >= 0.3 is 0 Å². The van der Waals surface area contributed by atoms with Gasteiger partial charge in [-0.25, -0.2) is 0 Å². The molecule has 0 bridgehead atoms. The molecule has 0 aliphatic carbocycles. The quantitative estimate of drug-likeness (QED) is 0.305. The molecule has 0 spiro atoms. The van der Waals surface area contributed by atoms with Crippen LogP contribution in [0.4, 0.5) is 11.4 Å². The Bertz CT molecular complexity index is 1520. The first-order valence-electron chi connectivity index (χ1n) is 10.5. The SMILES string of the molecule is O=C(Nc1ccc(NC(=O)c2cccc3ccccc23)c(Cl)c1)c1cccc2ccccc12. The Morgan fingerprint density at radius 3 is 1.67 bits per heavy atom. The smallest absolute Gasteiger partial charge is 0.256 e. The van der Waals surface area contributed by atoms with E-state index in [1.165, 1.54) is 0 Å². The van der Waals surface area contributed by atoms with Gasteiger partial charge in [0.25, 0.3) is 11.8 Å². The molecule has 4 nitrogen and oxygen atoms in total. The molecule has 0 radical (unpaired) electrons. The van der Waals surface area contributed by atoms with Crippen molar-refractivity contribution in [2.75, 3.05) is 10.6 Å². The Morgan fingerprint density at radius 2 is 1.09 bits per heavy atom. The number of fused-ring (bicyclic) bond motifs is 2. The highest BCUT2D eigenvalue weighted by Crippen LogP contribution is 2.28. The summed E-state index contributed by atoms with van der Waals surface area (Å²) in [5, 5.41) is 9.82. The normalized spacial score (nSPS) is 10.8. The van der Waals surface area contributed by atoms with Crippen LogP contribution in [0.1, 0.15) is 20.7 Å². The maximum absolute atomic E-state index is 12.9. The molecule has 0 aliphatic heterocycles. The van der Waals surface area contributed by atoms with Crippen LogP contribution in [-0.4, -0.2) is 11.8 Å². The van der Waals surface area contributed by atoms with Crippen LogP contribution < -0.4 is 10.6 Å². The number of carbonyl (C=O) groups is 2. The first-order chi connectivity index (χ1) is 16.1.